The number of aliphatic hydroxyl groups excluding tert-OH is 1. The molecule has 0 rings (SSSR count). The maximum atomic E-state index is 11.9. The summed E-state index contributed by atoms with van der Waals surface area (Å²) in [6.45, 7) is 53.7. The van der Waals surface area contributed by atoms with Crippen LogP contribution in [-0.2, 0) is 50.7 Å². The molecule has 6 atom stereocenters. The lowest BCUT2D eigenvalue weighted by Crippen LogP contribution is -2.33. The van der Waals surface area contributed by atoms with Gasteiger partial charge in [-0.05, 0) is 90.8 Å². The molecule has 0 aromatic heterocycles. The van der Waals surface area contributed by atoms with Gasteiger partial charge in [0, 0.05) is 18.7 Å². The van der Waals surface area contributed by atoms with Crippen LogP contribution in [0.2, 0.25) is 0 Å². The smallest absolute Gasteiger partial charge is 0.472 e. The van der Waals surface area contributed by atoms with E-state index in [1.165, 1.54) is 0 Å². The van der Waals surface area contributed by atoms with E-state index < -0.39 is 54.3 Å². The van der Waals surface area contributed by atoms with Gasteiger partial charge in [0.1, 0.15) is 0 Å². The zero-order valence-corrected chi connectivity index (χ0v) is 55.0. The lowest BCUT2D eigenvalue weighted by molar-refractivity contribution is -0.138. The van der Waals surface area contributed by atoms with Gasteiger partial charge in [0.25, 0.3) is 8.53 Å². The van der Waals surface area contributed by atoms with E-state index in [9.17, 15) is 38.4 Å². The van der Waals surface area contributed by atoms with E-state index in [-0.39, 0.29) is 78.2 Å². The number of aliphatic hydroxyl groups is 1. The van der Waals surface area contributed by atoms with E-state index in [1.54, 1.807) is 0 Å². The van der Waals surface area contributed by atoms with Gasteiger partial charge < -0.3 is 39.3 Å². The van der Waals surface area contributed by atoms with E-state index in [2.05, 4.69) is 83.0 Å². The first kappa shape index (κ1) is 83.2. The maximum absolute atomic E-state index is 11.9. The number of aliphatic carboxylic acids is 3. The zero-order chi connectivity index (χ0) is 61.7. The van der Waals surface area contributed by atoms with Crippen molar-refractivity contribution in [1.82, 2.24) is 4.67 Å². The Bertz CT molecular complexity index is 1640. The van der Waals surface area contributed by atoms with Crippen LogP contribution < -0.4 is 0 Å². The van der Waals surface area contributed by atoms with E-state index in [0.29, 0.717) is 49.2 Å². The Morgan fingerprint density at radius 1 is 0.526 bits per heavy atom. The first-order chi connectivity index (χ1) is 33.5. The summed E-state index contributed by atoms with van der Waals surface area (Å²) in [6.07, 6.45) is 0.891. The lowest BCUT2D eigenvalue weighted by Gasteiger charge is -2.35. The number of rotatable bonds is 26. The molecule has 0 aliphatic carbocycles. The Morgan fingerprint density at radius 3 is 1.03 bits per heavy atom. The van der Waals surface area contributed by atoms with E-state index in [4.69, 9.17) is 38.7 Å². The number of hydrogen-bond acceptors (Lipinski definition) is 14. The van der Waals surface area contributed by atoms with Gasteiger partial charge in [-0.2, -0.15) is 5.26 Å². The second-order valence-corrected chi connectivity index (χ2v) is 32.1. The van der Waals surface area contributed by atoms with Crippen LogP contribution >= 0.6 is 24.2 Å². The average molecular weight is 1160 g/mol. The molecule has 0 saturated carbocycles. The number of hydrogen-bond donors (Lipinski definition) is 6. The van der Waals surface area contributed by atoms with Crippen LogP contribution in [0, 0.1) is 55.2 Å². The molecule has 0 radical (unpaired) electrons. The molecule has 0 aromatic rings. The van der Waals surface area contributed by atoms with E-state index >= 15 is 0 Å². The van der Waals surface area contributed by atoms with E-state index in [0.717, 1.165) is 6.42 Å². The van der Waals surface area contributed by atoms with Gasteiger partial charge in [-0.25, -0.2) is 13.8 Å². The fourth-order valence-corrected chi connectivity index (χ4v) is 9.68. The molecule has 0 saturated heterocycles. The first-order valence-electron chi connectivity index (χ1n) is 26.3. The Balaban J connectivity index is -0.000000289. The molecule has 76 heavy (non-hydrogen) atoms. The highest BCUT2D eigenvalue weighted by molar-refractivity contribution is 7.47. The van der Waals surface area contributed by atoms with Crippen molar-refractivity contribution < 1.29 is 80.9 Å². The maximum Gasteiger partial charge on any atom is 0.472 e. The van der Waals surface area contributed by atoms with Gasteiger partial charge in [-0.1, -0.05) is 152 Å². The van der Waals surface area contributed by atoms with Gasteiger partial charge in [0.2, 0.25) is 0 Å². The van der Waals surface area contributed by atoms with Crippen molar-refractivity contribution in [3.63, 3.8) is 0 Å². The third kappa shape index (κ3) is 57.1. The van der Waals surface area contributed by atoms with E-state index in [1.807, 2.05) is 117 Å². The Kier molecular flexibility index (Phi) is 41.0. The molecule has 19 nitrogen and oxygen atoms in total. The predicted octanol–water partition coefficient (Wildman–Crippen LogP) is 14.8. The second-order valence-electron chi connectivity index (χ2n) is 27.9. The Hall–Kier alpha value is -1.61. The van der Waals surface area contributed by atoms with Crippen LogP contribution in [0.15, 0.2) is 0 Å². The van der Waals surface area contributed by atoms with Crippen LogP contribution in [0.4, 0.5) is 0 Å². The fraction of sp³-hybridized carbons (Fsp3) is 0.926. The average Bonchev–Trinajstić information content (AvgIpc) is 3.13. The Labute approximate surface area is 463 Å². The van der Waals surface area contributed by atoms with Gasteiger partial charge in [0.05, 0.1) is 70.4 Å². The summed E-state index contributed by atoms with van der Waals surface area (Å²) in [4.78, 5) is 50.6. The summed E-state index contributed by atoms with van der Waals surface area (Å²) in [5.41, 5.74) is 0.240. The van der Waals surface area contributed by atoms with Gasteiger partial charge in [0.15, 0.2) is 0 Å². The SMILES string of the molecule is CC(C)(C)C.CC(C)(C)CC(CO)C(C)(C)C.CC(C)(C)CC(OP(=O)(O)OCCC(=O)O)C(C)(C)C.CC(C)(C)CC(OP(=O)(O)OCCC(=O)O)C(C)(C)C.CC(C)N(C(C)C)P(OCCC#N)OCCC(=O)O. The summed E-state index contributed by atoms with van der Waals surface area (Å²) in [6, 6.07) is 2.45. The number of nitrogens with zero attached hydrogens (tertiary/aromatic N) is 2. The largest absolute Gasteiger partial charge is 0.481 e. The highest BCUT2D eigenvalue weighted by atomic mass is 31.2. The number of carboxylic acid groups (broad SMARTS) is 3. The number of carboxylic acids is 3. The number of carbonyl (C=O) groups is 3. The molecule has 456 valence electrons. The van der Waals surface area contributed by atoms with Gasteiger partial charge >= 0.3 is 33.6 Å². The molecule has 0 aromatic carbocycles. The van der Waals surface area contributed by atoms with Crippen molar-refractivity contribution >= 4 is 42.1 Å². The van der Waals surface area contributed by atoms with Crippen LogP contribution in [0.5, 0.6) is 0 Å². The van der Waals surface area contributed by atoms with Crippen LogP contribution in [0.1, 0.15) is 225 Å². The quantitative estimate of drug-likeness (QED) is 0.0346. The highest BCUT2D eigenvalue weighted by Gasteiger charge is 2.38. The van der Waals surface area contributed by atoms with Crippen molar-refractivity contribution in [3.05, 3.63) is 0 Å². The standard InChI is InChI=1S/2C13H27O6P.C12H23N2O4P.C11H24O.C5H12/c2*1-12(2,3)9-10(13(4,5)6)19-20(16,17)18-8-7-11(14)15;1-10(2)14(11(3)4)19(17-8-5-7-13)18-9-6-12(15)16;1-10(2,3)7-9(8-12)11(4,5)6;1-5(2,3)4/h2*10H,7-9H2,1-6H3,(H,14,15)(H,16,17);10-11H,5-6,8-9H2,1-4H3,(H,15,16);9,12H,7-8H2,1-6H3;1-4H3. The highest BCUT2D eigenvalue weighted by Crippen LogP contribution is 2.51. The van der Waals surface area contributed by atoms with Gasteiger partial charge in [-0.3, -0.25) is 32.5 Å². The third-order valence-electron chi connectivity index (χ3n) is 9.67. The predicted molar refractivity (Wildman–Crippen MR) is 306 cm³/mol. The first-order valence-corrected chi connectivity index (χ1v) is 30.4. The van der Waals surface area contributed by atoms with Gasteiger partial charge in [-0.15, -0.1) is 0 Å². The summed E-state index contributed by atoms with van der Waals surface area (Å²) >= 11 is 0. The molecular formula is C54H113N2O17P3. The summed E-state index contributed by atoms with van der Waals surface area (Å²) in [7, 11) is -9.83. The van der Waals surface area contributed by atoms with Crippen molar-refractivity contribution in [2.24, 2.45) is 43.8 Å². The number of phosphoric ester groups is 2. The normalized spacial score (nSPS) is 15.8. The minimum absolute atomic E-state index is 0.0511. The molecule has 0 amide bonds. The third-order valence-corrected chi connectivity index (χ3v) is 13.8. The second kappa shape index (κ2) is 37.4. The lowest BCUT2D eigenvalue weighted by atomic mass is 9.73. The molecule has 22 heteroatoms. The summed E-state index contributed by atoms with van der Waals surface area (Å²) < 4.78 is 56.8. The molecule has 0 aliphatic rings. The fourth-order valence-electron chi connectivity index (χ4n) is 5.90. The molecule has 6 N–H and O–H groups in total. The molecule has 0 fully saturated rings. The topological polar surface area (TPSA) is 289 Å². The van der Waals surface area contributed by atoms with Crippen molar-refractivity contribution in [2.75, 3.05) is 33.0 Å². The summed E-state index contributed by atoms with van der Waals surface area (Å²) in [5, 5.41) is 43.3. The molecule has 0 aliphatic heterocycles. The van der Waals surface area contributed by atoms with Crippen molar-refractivity contribution in [2.45, 2.75) is 249 Å². The minimum atomic E-state index is -4.25. The monoisotopic (exact) mass is 1150 g/mol. The number of phosphoric acid groups is 2. The Morgan fingerprint density at radius 2 is 0.816 bits per heavy atom. The molecule has 0 spiro atoms. The van der Waals surface area contributed by atoms with Crippen molar-refractivity contribution in [3.8, 4) is 6.07 Å². The zero-order valence-electron chi connectivity index (χ0n) is 52.3. The summed E-state index contributed by atoms with van der Waals surface area (Å²) in [5.74, 6) is -2.66. The molecule has 0 heterocycles. The number of nitriles is 1. The molecule has 0 bridgehead atoms. The minimum Gasteiger partial charge on any atom is -0.481 e. The molecule has 6 unspecified atom stereocenters. The van der Waals surface area contributed by atoms with Crippen LogP contribution in [0.25, 0.3) is 0 Å². The van der Waals surface area contributed by atoms with Crippen LogP contribution in [-0.4, -0.2) is 110 Å². The van der Waals surface area contributed by atoms with Crippen molar-refractivity contribution in [1.29, 1.82) is 5.26 Å². The molecular weight excluding hydrogens is 1040 g/mol. The van der Waals surface area contributed by atoms with Crippen LogP contribution in [0.3, 0.4) is 0 Å².